The summed E-state index contributed by atoms with van der Waals surface area (Å²) in [4.78, 5) is 0. The normalized spacial score (nSPS) is 9.83. The maximum Gasteiger partial charge on any atom is 0.149 e. The molecule has 0 spiro atoms. The van der Waals surface area contributed by atoms with Gasteiger partial charge >= 0.3 is 0 Å². The molecule has 2 aromatic rings. The highest BCUT2D eigenvalue weighted by Gasteiger charge is 2.11. The lowest BCUT2D eigenvalue weighted by Gasteiger charge is -2.11. The summed E-state index contributed by atoms with van der Waals surface area (Å²) in [5.74, 6) is -1.45. The van der Waals surface area contributed by atoms with Crippen LogP contribution in [-0.4, -0.2) is 0 Å². The van der Waals surface area contributed by atoms with Crippen LogP contribution in [0.3, 0.4) is 0 Å². The topological polar surface area (TPSA) is 61.8 Å². The van der Waals surface area contributed by atoms with Gasteiger partial charge in [-0.2, -0.15) is 5.26 Å². The Hall–Kier alpha value is -2.61. The molecule has 2 aromatic carbocycles. The monoisotopic (exact) mass is 245 g/mol. The Kier molecular flexibility index (Phi) is 3.11. The predicted molar refractivity (Wildman–Crippen MR) is 65.2 cm³/mol. The van der Waals surface area contributed by atoms with E-state index in [1.54, 1.807) is 12.1 Å². The van der Waals surface area contributed by atoms with Gasteiger partial charge in [-0.1, -0.05) is 12.1 Å². The van der Waals surface area contributed by atoms with Crippen LogP contribution in [0, 0.1) is 23.0 Å². The minimum Gasteiger partial charge on any atom is -0.396 e. The van der Waals surface area contributed by atoms with E-state index in [2.05, 4.69) is 5.32 Å². The van der Waals surface area contributed by atoms with Crippen molar-refractivity contribution in [3.8, 4) is 6.07 Å². The van der Waals surface area contributed by atoms with E-state index in [4.69, 9.17) is 11.0 Å². The standard InChI is InChI=1S/C13H9F2N3/c14-9-4-2-5-10(15)13(9)18-11-6-1-3-8(7-16)12(11)17/h1-6,18H,17H2. The van der Waals surface area contributed by atoms with E-state index in [0.29, 0.717) is 0 Å². The van der Waals surface area contributed by atoms with Crippen LogP contribution in [0.4, 0.5) is 25.8 Å². The average molecular weight is 245 g/mol. The number of hydrogen-bond donors (Lipinski definition) is 2. The molecular weight excluding hydrogens is 236 g/mol. The number of para-hydroxylation sites is 2. The average Bonchev–Trinajstić information content (AvgIpc) is 2.36. The van der Waals surface area contributed by atoms with Gasteiger partial charge in [0.15, 0.2) is 0 Å². The molecule has 0 bridgehead atoms. The lowest BCUT2D eigenvalue weighted by Crippen LogP contribution is -2.02. The SMILES string of the molecule is N#Cc1cccc(Nc2c(F)cccc2F)c1N. The molecule has 2 rings (SSSR count). The molecule has 0 aliphatic rings. The van der Waals surface area contributed by atoms with Crippen LogP contribution < -0.4 is 11.1 Å². The number of nitrogens with one attached hydrogen (secondary N) is 1. The molecule has 0 saturated carbocycles. The summed E-state index contributed by atoms with van der Waals surface area (Å²) in [5.41, 5.74) is 6.11. The molecule has 0 saturated heterocycles. The Morgan fingerprint density at radius 2 is 1.67 bits per heavy atom. The summed E-state index contributed by atoms with van der Waals surface area (Å²) in [5, 5.41) is 11.4. The van der Waals surface area contributed by atoms with Gasteiger partial charge in [0.25, 0.3) is 0 Å². The Bertz CT molecular complexity index is 612. The van der Waals surface area contributed by atoms with Crippen LogP contribution in [0.25, 0.3) is 0 Å². The van der Waals surface area contributed by atoms with Gasteiger partial charge in [0, 0.05) is 0 Å². The predicted octanol–water partition coefficient (Wildman–Crippen LogP) is 3.16. The van der Waals surface area contributed by atoms with Gasteiger partial charge in [-0.25, -0.2) is 8.78 Å². The van der Waals surface area contributed by atoms with Crippen LogP contribution >= 0.6 is 0 Å². The number of halogens is 2. The molecule has 0 aliphatic carbocycles. The highest BCUT2D eigenvalue weighted by Crippen LogP contribution is 2.28. The first kappa shape index (κ1) is 11.9. The maximum absolute atomic E-state index is 13.4. The van der Waals surface area contributed by atoms with Gasteiger partial charge in [0.05, 0.1) is 16.9 Å². The van der Waals surface area contributed by atoms with Crippen molar-refractivity contribution in [2.24, 2.45) is 0 Å². The van der Waals surface area contributed by atoms with Gasteiger partial charge < -0.3 is 11.1 Å². The number of nitrogens with two attached hydrogens (primary N) is 1. The summed E-state index contributed by atoms with van der Waals surface area (Å²) in [7, 11) is 0. The van der Waals surface area contributed by atoms with Crippen molar-refractivity contribution in [3.05, 3.63) is 53.6 Å². The lowest BCUT2D eigenvalue weighted by molar-refractivity contribution is 0.591. The third kappa shape index (κ3) is 2.09. The van der Waals surface area contributed by atoms with E-state index in [-0.39, 0.29) is 22.6 Å². The Balaban J connectivity index is 2.44. The molecule has 90 valence electrons. The second-order valence-corrected chi connectivity index (χ2v) is 3.60. The molecule has 0 amide bonds. The fourth-order valence-electron chi connectivity index (χ4n) is 1.52. The van der Waals surface area contributed by atoms with Crippen molar-refractivity contribution in [1.29, 1.82) is 5.26 Å². The highest BCUT2D eigenvalue weighted by molar-refractivity contribution is 5.77. The molecular formula is C13H9F2N3. The number of nitriles is 1. The lowest BCUT2D eigenvalue weighted by atomic mass is 10.1. The first-order valence-corrected chi connectivity index (χ1v) is 5.13. The van der Waals surface area contributed by atoms with Crippen molar-refractivity contribution in [1.82, 2.24) is 0 Å². The smallest absolute Gasteiger partial charge is 0.149 e. The van der Waals surface area contributed by atoms with E-state index in [0.717, 1.165) is 12.1 Å². The fraction of sp³-hybridized carbons (Fsp3) is 0. The van der Waals surface area contributed by atoms with Gasteiger partial charge in [-0.15, -0.1) is 0 Å². The first-order valence-electron chi connectivity index (χ1n) is 5.13. The summed E-state index contributed by atoms with van der Waals surface area (Å²) < 4.78 is 26.9. The number of nitrogens with zero attached hydrogens (tertiary/aromatic N) is 1. The molecule has 0 radical (unpaired) electrons. The van der Waals surface area contributed by atoms with Gasteiger partial charge in [0.2, 0.25) is 0 Å². The molecule has 0 heterocycles. The number of anilines is 3. The summed E-state index contributed by atoms with van der Waals surface area (Å²) in [6.07, 6.45) is 0. The largest absolute Gasteiger partial charge is 0.396 e. The zero-order chi connectivity index (χ0) is 13.1. The molecule has 0 aliphatic heterocycles. The Morgan fingerprint density at radius 1 is 1.06 bits per heavy atom. The van der Waals surface area contributed by atoms with Gasteiger partial charge in [0.1, 0.15) is 23.4 Å². The van der Waals surface area contributed by atoms with Gasteiger partial charge in [-0.3, -0.25) is 0 Å². The zero-order valence-corrected chi connectivity index (χ0v) is 9.24. The summed E-state index contributed by atoms with van der Waals surface area (Å²) >= 11 is 0. The molecule has 18 heavy (non-hydrogen) atoms. The molecule has 0 fully saturated rings. The highest BCUT2D eigenvalue weighted by atomic mass is 19.1. The van der Waals surface area contributed by atoms with Crippen molar-refractivity contribution in [2.75, 3.05) is 11.1 Å². The minimum absolute atomic E-state index is 0.155. The third-order valence-corrected chi connectivity index (χ3v) is 2.45. The van der Waals surface area contributed by atoms with Crippen molar-refractivity contribution in [2.45, 2.75) is 0 Å². The van der Waals surface area contributed by atoms with Crippen molar-refractivity contribution in [3.63, 3.8) is 0 Å². The van der Waals surface area contributed by atoms with Crippen molar-refractivity contribution < 1.29 is 8.78 Å². The zero-order valence-electron chi connectivity index (χ0n) is 9.24. The van der Waals surface area contributed by atoms with Crippen LogP contribution in [0.5, 0.6) is 0 Å². The minimum atomic E-state index is -0.725. The number of nitrogen functional groups attached to an aromatic ring is 1. The van der Waals surface area contributed by atoms with Crippen LogP contribution in [0.1, 0.15) is 5.56 Å². The summed E-state index contributed by atoms with van der Waals surface area (Å²) in [6, 6.07) is 10.1. The maximum atomic E-state index is 13.4. The van der Waals surface area contributed by atoms with Crippen LogP contribution in [0.15, 0.2) is 36.4 Å². The van der Waals surface area contributed by atoms with Crippen LogP contribution in [-0.2, 0) is 0 Å². The molecule has 3 N–H and O–H groups in total. The van der Waals surface area contributed by atoms with E-state index in [1.165, 1.54) is 12.1 Å². The number of rotatable bonds is 2. The Morgan fingerprint density at radius 3 is 2.28 bits per heavy atom. The van der Waals surface area contributed by atoms with Gasteiger partial charge in [-0.05, 0) is 24.3 Å². The number of hydrogen-bond acceptors (Lipinski definition) is 3. The quantitative estimate of drug-likeness (QED) is 0.799. The molecule has 0 unspecified atom stereocenters. The second kappa shape index (κ2) is 4.72. The fourth-order valence-corrected chi connectivity index (χ4v) is 1.52. The molecule has 0 atom stereocenters. The molecule has 3 nitrogen and oxygen atoms in total. The van der Waals surface area contributed by atoms with Crippen LogP contribution in [0.2, 0.25) is 0 Å². The van der Waals surface area contributed by atoms with E-state index in [1.807, 2.05) is 6.07 Å². The Labute approximate surface area is 102 Å². The third-order valence-electron chi connectivity index (χ3n) is 2.45. The second-order valence-electron chi connectivity index (χ2n) is 3.60. The van der Waals surface area contributed by atoms with Crippen molar-refractivity contribution >= 4 is 17.1 Å². The number of benzene rings is 2. The van der Waals surface area contributed by atoms with E-state index >= 15 is 0 Å². The molecule has 0 aromatic heterocycles. The summed E-state index contributed by atoms with van der Waals surface area (Å²) in [6.45, 7) is 0. The van der Waals surface area contributed by atoms with E-state index in [9.17, 15) is 8.78 Å². The first-order chi connectivity index (χ1) is 8.63. The van der Waals surface area contributed by atoms with E-state index < -0.39 is 11.6 Å². The molecule has 5 heteroatoms.